The standard InChI is InChI=1S/C26H27N3O6/c1-33-18-7-4-6-17(14-18)24(30)22-23(20-15-19(34-2)8-9-21(20)35-3)29(26(32)25(22)31)12-5-11-28-13-10-27-16-28/h4,6-10,13-16,23,30H,5,11-12H2,1-3H3/t23-/m1/s1. The molecule has 1 aliphatic rings. The Morgan fingerprint density at radius 3 is 2.46 bits per heavy atom. The van der Waals surface area contributed by atoms with Crippen molar-refractivity contribution < 1.29 is 28.9 Å². The quantitative estimate of drug-likeness (QED) is 0.286. The normalized spacial score (nSPS) is 17.0. The summed E-state index contributed by atoms with van der Waals surface area (Å²) in [5.74, 6) is -0.217. The summed E-state index contributed by atoms with van der Waals surface area (Å²) >= 11 is 0. The van der Waals surface area contributed by atoms with Crippen LogP contribution in [0.3, 0.4) is 0 Å². The van der Waals surface area contributed by atoms with Gasteiger partial charge < -0.3 is 28.8 Å². The zero-order valence-electron chi connectivity index (χ0n) is 19.8. The van der Waals surface area contributed by atoms with E-state index in [0.717, 1.165) is 0 Å². The summed E-state index contributed by atoms with van der Waals surface area (Å²) < 4.78 is 18.1. The van der Waals surface area contributed by atoms with Gasteiger partial charge in [0.25, 0.3) is 11.7 Å². The molecule has 35 heavy (non-hydrogen) atoms. The van der Waals surface area contributed by atoms with Gasteiger partial charge in [-0.25, -0.2) is 4.98 Å². The van der Waals surface area contributed by atoms with Crippen LogP contribution in [0.4, 0.5) is 0 Å². The maximum absolute atomic E-state index is 13.3. The summed E-state index contributed by atoms with van der Waals surface area (Å²) in [6.07, 6.45) is 5.78. The van der Waals surface area contributed by atoms with Crippen molar-refractivity contribution in [1.29, 1.82) is 0 Å². The smallest absolute Gasteiger partial charge is 0.295 e. The molecule has 1 atom stereocenters. The van der Waals surface area contributed by atoms with Gasteiger partial charge in [0, 0.05) is 36.6 Å². The van der Waals surface area contributed by atoms with E-state index in [-0.39, 0.29) is 17.9 Å². The topological polar surface area (TPSA) is 103 Å². The molecule has 0 spiro atoms. The zero-order chi connectivity index (χ0) is 24.9. The number of benzene rings is 2. The lowest BCUT2D eigenvalue weighted by Gasteiger charge is -2.27. The molecule has 1 saturated heterocycles. The highest BCUT2D eigenvalue weighted by molar-refractivity contribution is 6.46. The number of aromatic nitrogens is 2. The Morgan fingerprint density at radius 1 is 1.00 bits per heavy atom. The fourth-order valence-electron chi connectivity index (χ4n) is 4.26. The Hall–Kier alpha value is -4.27. The number of aliphatic hydroxyl groups is 1. The van der Waals surface area contributed by atoms with Gasteiger partial charge in [-0.05, 0) is 36.8 Å². The first-order valence-electron chi connectivity index (χ1n) is 11.1. The van der Waals surface area contributed by atoms with Crippen LogP contribution in [0.1, 0.15) is 23.6 Å². The van der Waals surface area contributed by atoms with E-state index in [9.17, 15) is 14.7 Å². The summed E-state index contributed by atoms with van der Waals surface area (Å²) in [5.41, 5.74) is 0.892. The zero-order valence-corrected chi connectivity index (χ0v) is 19.8. The monoisotopic (exact) mass is 477 g/mol. The summed E-state index contributed by atoms with van der Waals surface area (Å²) in [7, 11) is 4.56. The third-order valence-electron chi connectivity index (χ3n) is 5.99. The molecule has 0 radical (unpaired) electrons. The fraction of sp³-hybridized carbons (Fsp3) is 0.269. The molecule has 1 fully saturated rings. The van der Waals surface area contributed by atoms with Gasteiger partial charge in [-0.3, -0.25) is 9.59 Å². The minimum absolute atomic E-state index is 0.0163. The van der Waals surface area contributed by atoms with E-state index in [1.807, 2.05) is 10.8 Å². The number of imidazole rings is 1. The predicted molar refractivity (Wildman–Crippen MR) is 128 cm³/mol. The Bertz CT molecular complexity index is 1250. The van der Waals surface area contributed by atoms with Crippen LogP contribution in [-0.4, -0.2) is 59.1 Å². The van der Waals surface area contributed by atoms with Crippen LogP contribution in [0.15, 0.2) is 66.8 Å². The Balaban J connectivity index is 1.82. The number of aliphatic hydroxyl groups excluding tert-OH is 1. The van der Waals surface area contributed by atoms with Crippen LogP contribution in [0, 0.1) is 0 Å². The number of ketones is 1. The second-order valence-corrected chi connectivity index (χ2v) is 7.99. The van der Waals surface area contributed by atoms with E-state index in [1.54, 1.807) is 55.0 Å². The highest BCUT2D eigenvalue weighted by Crippen LogP contribution is 2.44. The van der Waals surface area contributed by atoms with Gasteiger partial charge >= 0.3 is 0 Å². The molecule has 2 aromatic carbocycles. The molecule has 9 heteroatoms. The van der Waals surface area contributed by atoms with Crippen molar-refractivity contribution >= 4 is 17.4 Å². The first-order chi connectivity index (χ1) is 17.0. The van der Waals surface area contributed by atoms with Crippen molar-refractivity contribution in [3.05, 3.63) is 77.9 Å². The molecule has 9 nitrogen and oxygen atoms in total. The van der Waals surface area contributed by atoms with Crippen molar-refractivity contribution in [2.75, 3.05) is 27.9 Å². The highest BCUT2D eigenvalue weighted by atomic mass is 16.5. The lowest BCUT2D eigenvalue weighted by atomic mass is 9.94. The van der Waals surface area contributed by atoms with Crippen LogP contribution in [0.5, 0.6) is 17.2 Å². The maximum Gasteiger partial charge on any atom is 0.295 e. The van der Waals surface area contributed by atoms with Gasteiger partial charge in [-0.2, -0.15) is 0 Å². The molecular weight excluding hydrogens is 450 g/mol. The number of carbonyl (C=O) groups excluding carboxylic acids is 2. The molecule has 0 aliphatic carbocycles. The first kappa shape index (κ1) is 23.9. The molecule has 1 aromatic heterocycles. The molecule has 0 saturated carbocycles. The van der Waals surface area contributed by atoms with E-state index in [1.165, 1.54) is 26.2 Å². The van der Waals surface area contributed by atoms with Crippen molar-refractivity contribution in [3.8, 4) is 17.2 Å². The minimum atomic E-state index is -0.867. The lowest BCUT2D eigenvalue weighted by Crippen LogP contribution is -2.31. The molecule has 1 amide bonds. The molecule has 182 valence electrons. The van der Waals surface area contributed by atoms with Gasteiger partial charge in [0.05, 0.1) is 39.3 Å². The molecular formula is C26H27N3O6. The van der Waals surface area contributed by atoms with E-state index in [0.29, 0.717) is 41.3 Å². The molecule has 1 aliphatic heterocycles. The van der Waals surface area contributed by atoms with E-state index in [2.05, 4.69) is 4.98 Å². The van der Waals surface area contributed by atoms with Crippen molar-refractivity contribution in [2.45, 2.75) is 19.0 Å². The number of amides is 1. The molecule has 2 heterocycles. The molecule has 1 N–H and O–H groups in total. The minimum Gasteiger partial charge on any atom is -0.507 e. The van der Waals surface area contributed by atoms with Gasteiger partial charge in [0.2, 0.25) is 0 Å². The number of rotatable bonds is 9. The van der Waals surface area contributed by atoms with Crippen LogP contribution in [0.2, 0.25) is 0 Å². The number of carbonyl (C=O) groups is 2. The van der Waals surface area contributed by atoms with Crippen LogP contribution >= 0.6 is 0 Å². The predicted octanol–water partition coefficient (Wildman–Crippen LogP) is 3.42. The number of nitrogens with zero attached hydrogens (tertiary/aromatic N) is 3. The van der Waals surface area contributed by atoms with Crippen LogP contribution in [0.25, 0.3) is 5.76 Å². The second kappa shape index (κ2) is 10.3. The van der Waals surface area contributed by atoms with Crippen LogP contribution < -0.4 is 14.2 Å². The summed E-state index contributed by atoms with van der Waals surface area (Å²) in [6.45, 7) is 0.892. The summed E-state index contributed by atoms with van der Waals surface area (Å²) in [4.78, 5) is 32.0. The summed E-state index contributed by atoms with van der Waals surface area (Å²) in [6, 6.07) is 11.0. The van der Waals surface area contributed by atoms with Gasteiger partial charge in [0.1, 0.15) is 23.0 Å². The van der Waals surface area contributed by atoms with E-state index in [4.69, 9.17) is 14.2 Å². The first-order valence-corrected chi connectivity index (χ1v) is 11.1. The van der Waals surface area contributed by atoms with Crippen molar-refractivity contribution in [3.63, 3.8) is 0 Å². The molecule has 0 unspecified atom stereocenters. The number of Topliss-reactive ketones (excluding diaryl/α,β-unsaturated/α-hetero) is 1. The van der Waals surface area contributed by atoms with Crippen LogP contribution in [-0.2, 0) is 16.1 Å². The van der Waals surface area contributed by atoms with Gasteiger partial charge in [-0.15, -0.1) is 0 Å². The van der Waals surface area contributed by atoms with E-state index < -0.39 is 17.7 Å². The Morgan fingerprint density at radius 2 is 1.77 bits per heavy atom. The second-order valence-electron chi connectivity index (χ2n) is 7.99. The third-order valence-corrected chi connectivity index (χ3v) is 5.99. The molecule has 3 aromatic rings. The molecule has 0 bridgehead atoms. The van der Waals surface area contributed by atoms with Gasteiger partial charge in [-0.1, -0.05) is 12.1 Å². The Labute approximate surface area is 203 Å². The number of likely N-dealkylation sites (tertiary alicyclic amines) is 1. The summed E-state index contributed by atoms with van der Waals surface area (Å²) in [5, 5.41) is 11.3. The SMILES string of the molecule is COc1cccc(C(O)=C2C(=O)C(=O)N(CCCn3ccnc3)[C@@H]2c2cc(OC)ccc2OC)c1. The highest BCUT2D eigenvalue weighted by Gasteiger charge is 2.47. The lowest BCUT2D eigenvalue weighted by molar-refractivity contribution is -0.140. The fourth-order valence-corrected chi connectivity index (χ4v) is 4.26. The third kappa shape index (κ3) is 4.70. The van der Waals surface area contributed by atoms with Gasteiger partial charge in [0.15, 0.2) is 0 Å². The molecule has 4 rings (SSSR count). The maximum atomic E-state index is 13.3. The number of ether oxygens (including phenoxy) is 3. The van der Waals surface area contributed by atoms with Crippen molar-refractivity contribution in [1.82, 2.24) is 14.5 Å². The average molecular weight is 478 g/mol. The van der Waals surface area contributed by atoms with E-state index >= 15 is 0 Å². The number of aryl methyl sites for hydroxylation is 1. The number of hydrogen-bond acceptors (Lipinski definition) is 7. The number of methoxy groups -OCH3 is 3. The Kier molecular flexibility index (Phi) is 7.05. The average Bonchev–Trinajstić information content (AvgIpc) is 3.50. The largest absolute Gasteiger partial charge is 0.507 e. The number of hydrogen-bond donors (Lipinski definition) is 1. The van der Waals surface area contributed by atoms with Crippen molar-refractivity contribution in [2.24, 2.45) is 0 Å².